The van der Waals surface area contributed by atoms with Crippen LogP contribution in [-0.2, 0) is 0 Å². The van der Waals surface area contributed by atoms with Crippen molar-refractivity contribution in [2.24, 2.45) is 0 Å². The largest absolute Gasteiger partial charge is 0.422 e. The zero-order chi connectivity index (χ0) is 15.4. The molecule has 0 bridgehead atoms. The summed E-state index contributed by atoms with van der Waals surface area (Å²) in [5.41, 5.74) is 0.371. The molecular weight excluding hydrogens is 302 g/mol. The molecule has 0 radical (unpaired) electrons. The average molecular weight is 311 g/mol. The van der Waals surface area contributed by atoms with E-state index in [4.69, 9.17) is 16.6 Å². The Bertz CT molecular complexity index is 1250. The van der Waals surface area contributed by atoms with E-state index in [1.807, 2.05) is 6.07 Å². The molecule has 22 heavy (non-hydrogen) atoms. The van der Waals surface area contributed by atoms with Crippen LogP contribution in [0, 0.1) is 11.7 Å². The maximum atomic E-state index is 12.4. The van der Waals surface area contributed by atoms with Gasteiger partial charge >= 0.3 is 5.63 Å². The monoisotopic (exact) mass is 311 g/mol. The van der Waals surface area contributed by atoms with Crippen LogP contribution in [0.25, 0.3) is 32.8 Å². The maximum absolute atomic E-state index is 12.4. The van der Waals surface area contributed by atoms with Gasteiger partial charge in [-0.15, -0.1) is 0 Å². The van der Waals surface area contributed by atoms with Crippen LogP contribution in [0.4, 0.5) is 0 Å². The highest BCUT2D eigenvalue weighted by atomic mass is 32.1. The summed E-state index contributed by atoms with van der Waals surface area (Å²) in [5.74, 6) is 0. The Hall–Kier alpha value is -2.80. The van der Waals surface area contributed by atoms with Crippen molar-refractivity contribution < 1.29 is 4.42 Å². The molecule has 0 unspecified atom stereocenters. The van der Waals surface area contributed by atoms with Crippen molar-refractivity contribution in [3.63, 3.8) is 0 Å². The van der Waals surface area contributed by atoms with Crippen LogP contribution in [0.5, 0.6) is 0 Å². The minimum Gasteiger partial charge on any atom is -0.422 e. The van der Waals surface area contributed by atoms with Crippen LogP contribution < -0.4 is 11.2 Å². The molecule has 3 aromatic heterocycles. The fourth-order valence-electron chi connectivity index (χ4n) is 2.75. The fraction of sp³-hybridized carbons (Fsp3) is 0.0667. The molecule has 2 N–H and O–H groups in total. The lowest BCUT2D eigenvalue weighted by Crippen LogP contribution is -2.13. The van der Waals surface area contributed by atoms with Crippen LogP contribution in [0.1, 0.15) is 5.69 Å². The van der Waals surface area contributed by atoms with E-state index >= 15 is 0 Å². The Labute approximate surface area is 127 Å². The fourth-order valence-corrected chi connectivity index (χ4v) is 2.94. The van der Waals surface area contributed by atoms with Gasteiger partial charge in [0.2, 0.25) is 0 Å². The lowest BCUT2D eigenvalue weighted by molar-refractivity contribution is 0.569. The van der Waals surface area contributed by atoms with E-state index in [0.29, 0.717) is 38.5 Å². The smallest absolute Gasteiger partial charge is 0.346 e. The topological polar surface area (TPSA) is 91.8 Å². The summed E-state index contributed by atoms with van der Waals surface area (Å²) in [5, 5.41) is 1.82. The molecule has 0 spiro atoms. The first-order valence-corrected chi connectivity index (χ1v) is 6.95. The standard InChI is InChI=1S/C15H9N3O3S/c1-6-9-10(7-4-2-3-5-8(7)21-14(9)20)11-12(16-6)17-15(22)18-13(11)19/h2-5H,1H3,(H2,16,17,18,19,22). The van der Waals surface area contributed by atoms with E-state index in [2.05, 4.69) is 15.0 Å². The van der Waals surface area contributed by atoms with Gasteiger partial charge in [0.15, 0.2) is 4.77 Å². The summed E-state index contributed by atoms with van der Waals surface area (Å²) >= 11 is 4.98. The molecule has 0 aliphatic rings. The van der Waals surface area contributed by atoms with E-state index in [1.54, 1.807) is 25.1 Å². The van der Waals surface area contributed by atoms with Crippen molar-refractivity contribution >= 4 is 45.0 Å². The summed E-state index contributed by atoms with van der Waals surface area (Å²) in [4.78, 5) is 34.3. The van der Waals surface area contributed by atoms with Crippen LogP contribution in [-0.4, -0.2) is 15.0 Å². The van der Waals surface area contributed by atoms with Gasteiger partial charge < -0.3 is 9.40 Å². The van der Waals surface area contributed by atoms with Crippen molar-refractivity contribution in [3.8, 4) is 0 Å². The lowest BCUT2D eigenvalue weighted by atomic mass is 10.0. The SMILES string of the molecule is Cc1nc2[nH]c(=S)[nH]c(=O)c2c2c1c(=O)oc1ccccc12. The number of nitrogens with one attached hydrogen (secondary N) is 2. The quantitative estimate of drug-likeness (QED) is 0.296. The number of hydrogen-bond donors (Lipinski definition) is 2. The minimum absolute atomic E-state index is 0.191. The number of hydrogen-bond acceptors (Lipinski definition) is 5. The number of H-pyrrole nitrogens is 2. The van der Waals surface area contributed by atoms with Gasteiger partial charge in [0.1, 0.15) is 11.2 Å². The number of rotatable bonds is 0. The highest BCUT2D eigenvalue weighted by Gasteiger charge is 2.16. The molecule has 0 amide bonds. The van der Waals surface area contributed by atoms with Crippen molar-refractivity contribution in [2.75, 3.05) is 0 Å². The third kappa shape index (κ3) is 1.66. The van der Waals surface area contributed by atoms with Crippen molar-refractivity contribution in [1.29, 1.82) is 0 Å². The third-order valence-electron chi connectivity index (χ3n) is 3.63. The molecule has 0 atom stereocenters. The summed E-state index contributed by atoms with van der Waals surface area (Å²) < 4.78 is 5.52. The predicted molar refractivity (Wildman–Crippen MR) is 85.8 cm³/mol. The molecule has 0 saturated heterocycles. The molecule has 0 aliphatic carbocycles. The average Bonchev–Trinajstić information content (AvgIpc) is 2.45. The van der Waals surface area contributed by atoms with Crippen LogP contribution in [0.15, 0.2) is 38.3 Å². The third-order valence-corrected chi connectivity index (χ3v) is 3.83. The molecule has 0 saturated carbocycles. The van der Waals surface area contributed by atoms with E-state index in [9.17, 15) is 9.59 Å². The first-order chi connectivity index (χ1) is 10.6. The number of benzene rings is 1. The Balaban J connectivity index is 2.53. The van der Waals surface area contributed by atoms with Crippen molar-refractivity contribution in [2.45, 2.75) is 6.92 Å². The Morgan fingerprint density at radius 2 is 1.86 bits per heavy atom. The number of nitrogens with zero attached hydrogens (tertiary/aromatic N) is 1. The van der Waals surface area contributed by atoms with Gasteiger partial charge in [-0.25, -0.2) is 9.78 Å². The van der Waals surface area contributed by atoms with Crippen LogP contribution in [0.3, 0.4) is 0 Å². The highest BCUT2D eigenvalue weighted by molar-refractivity contribution is 7.71. The van der Waals surface area contributed by atoms with Gasteiger partial charge in [-0.3, -0.25) is 9.78 Å². The molecule has 1 aromatic carbocycles. The normalized spacial score (nSPS) is 11.5. The zero-order valence-electron chi connectivity index (χ0n) is 11.4. The molecule has 0 aliphatic heterocycles. The van der Waals surface area contributed by atoms with Crippen LogP contribution >= 0.6 is 12.2 Å². The first-order valence-electron chi connectivity index (χ1n) is 6.55. The Kier molecular flexibility index (Phi) is 2.55. The molecule has 108 valence electrons. The first kappa shape index (κ1) is 12.9. The molecule has 3 heterocycles. The summed E-state index contributed by atoms with van der Waals surface area (Å²) in [6, 6.07) is 7.09. The van der Waals surface area contributed by atoms with E-state index in [1.165, 1.54) is 0 Å². The number of fused-ring (bicyclic) bond motifs is 5. The van der Waals surface area contributed by atoms with E-state index in [0.717, 1.165) is 0 Å². The van der Waals surface area contributed by atoms with Gasteiger partial charge in [0.25, 0.3) is 5.56 Å². The second-order valence-electron chi connectivity index (χ2n) is 4.96. The number of aromatic amines is 2. The Morgan fingerprint density at radius 1 is 1.09 bits per heavy atom. The molecule has 6 nitrogen and oxygen atoms in total. The Morgan fingerprint density at radius 3 is 2.68 bits per heavy atom. The number of para-hydroxylation sites is 1. The molecule has 4 aromatic rings. The molecule has 0 fully saturated rings. The predicted octanol–water partition coefficient (Wildman–Crippen LogP) is 2.55. The van der Waals surface area contributed by atoms with Gasteiger partial charge in [-0.05, 0) is 25.2 Å². The second kappa shape index (κ2) is 4.35. The van der Waals surface area contributed by atoms with Crippen molar-refractivity contribution in [1.82, 2.24) is 15.0 Å². The van der Waals surface area contributed by atoms with Gasteiger partial charge in [-0.1, -0.05) is 18.2 Å². The second-order valence-corrected chi connectivity index (χ2v) is 5.37. The minimum atomic E-state index is -0.512. The maximum Gasteiger partial charge on any atom is 0.346 e. The van der Waals surface area contributed by atoms with E-state index in [-0.39, 0.29) is 10.3 Å². The van der Waals surface area contributed by atoms with Gasteiger partial charge in [0, 0.05) is 10.8 Å². The lowest BCUT2D eigenvalue weighted by Gasteiger charge is -2.07. The zero-order valence-corrected chi connectivity index (χ0v) is 12.2. The van der Waals surface area contributed by atoms with E-state index < -0.39 is 5.63 Å². The number of pyridine rings is 1. The molecular formula is C15H9N3O3S. The molecule has 7 heteroatoms. The van der Waals surface area contributed by atoms with Crippen molar-refractivity contribution in [3.05, 3.63) is 55.5 Å². The summed E-state index contributed by atoms with van der Waals surface area (Å²) in [6.07, 6.45) is 0. The van der Waals surface area contributed by atoms with Crippen LogP contribution in [0.2, 0.25) is 0 Å². The molecule has 4 rings (SSSR count). The van der Waals surface area contributed by atoms with Gasteiger partial charge in [0.05, 0.1) is 16.5 Å². The summed E-state index contributed by atoms with van der Waals surface area (Å²) in [7, 11) is 0. The van der Waals surface area contributed by atoms with Gasteiger partial charge in [-0.2, -0.15) is 0 Å². The number of aromatic nitrogens is 3. The summed E-state index contributed by atoms with van der Waals surface area (Å²) in [6.45, 7) is 1.70. The highest BCUT2D eigenvalue weighted by Crippen LogP contribution is 2.27. The number of aryl methyl sites for hydroxylation is 1.